The minimum Gasteiger partial charge on any atom is -0.380 e. The molecule has 0 saturated carbocycles. The van der Waals surface area contributed by atoms with Gasteiger partial charge in [0.25, 0.3) is 0 Å². The van der Waals surface area contributed by atoms with Crippen molar-refractivity contribution >= 4 is 10.0 Å². The highest BCUT2D eigenvalue weighted by atomic mass is 32.2. The molecule has 0 heterocycles. The van der Waals surface area contributed by atoms with Crippen LogP contribution in [-0.2, 0) is 14.8 Å². The van der Waals surface area contributed by atoms with E-state index in [0.29, 0.717) is 12.5 Å². The molecule has 0 aliphatic carbocycles. The lowest BCUT2D eigenvalue weighted by Crippen LogP contribution is -2.20. The summed E-state index contributed by atoms with van der Waals surface area (Å²) in [5, 5.41) is 4.77. The molecule has 0 aromatic heterocycles. The van der Waals surface area contributed by atoms with E-state index in [1.54, 1.807) is 0 Å². The van der Waals surface area contributed by atoms with Crippen LogP contribution in [0.25, 0.3) is 0 Å². The molecule has 4 nitrogen and oxygen atoms in total. The molecule has 2 N–H and O–H groups in total. The Morgan fingerprint density at radius 3 is 2.33 bits per heavy atom. The van der Waals surface area contributed by atoms with Crippen molar-refractivity contribution in [3.05, 3.63) is 0 Å². The number of nitrogens with two attached hydrogens (primary N) is 1. The molecule has 0 aromatic carbocycles. The maximum atomic E-state index is 10.4. The molecule has 0 amide bonds. The third kappa shape index (κ3) is 9.87. The lowest BCUT2D eigenvalue weighted by atomic mass is 10.1. The van der Waals surface area contributed by atoms with Crippen LogP contribution in [-0.4, -0.2) is 27.4 Å². The van der Waals surface area contributed by atoms with Crippen molar-refractivity contribution < 1.29 is 13.2 Å². The first kappa shape index (κ1) is 11.9. The Labute approximate surface area is 74.1 Å². The van der Waals surface area contributed by atoms with Crippen LogP contribution in [0.1, 0.15) is 20.3 Å². The molecule has 0 aliphatic heterocycles. The molecule has 5 heteroatoms. The van der Waals surface area contributed by atoms with Crippen LogP contribution >= 0.6 is 0 Å². The van der Waals surface area contributed by atoms with Gasteiger partial charge in [0.2, 0.25) is 10.0 Å². The van der Waals surface area contributed by atoms with Crippen LogP contribution in [0.4, 0.5) is 0 Å². The predicted octanol–water partition coefficient (Wildman–Crippen LogP) is 0.338. The van der Waals surface area contributed by atoms with E-state index in [4.69, 9.17) is 9.88 Å². The molecule has 0 bridgehead atoms. The van der Waals surface area contributed by atoms with Crippen molar-refractivity contribution in [2.45, 2.75) is 20.3 Å². The second-order valence-corrected chi connectivity index (χ2v) is 4.90. The van der Waals surface area contributed by atoms with Gasteiger partial charge in [0, 0.05) is 6.61 Å². The van der Waals surface area contributed by atoms with Gasteiger partial charge in [0.15, 0.2) is 0 Å². The molecule has 0 atom stereocenters. The highest BCUT2D eigenvalue weighted by Gasteiger charge is 2.01. The fourth-order valence-corrected chi connectivity index (χ4v) is 0.946. The average molecular weight is 195 g/mol. The van der Waals surface area contributed by atoms with Crippen LogP contribution in [0.5, 0.6) is 0 Å². The van der Waals surface area contributed by atoms with E-state index in [2.05, 4.69) is 13.8 Å². The number of ether oxygens (including phenoxy) is 1. The Morgan fingerprint density at radius 1 is 1.33 bits per heavy atom. The maximum absolute atomic E-state index is 10.4. The van der Waals surface area contributed by atoms with Gasteiger partial charge in [-0.05, 0) is 12.3 Å². The minimum atomic E-state index is -3.35. The molecule has 0 rings (SSSR count). The largest absolute Gasteiger partial charge is 0.380 e. The van der Waals surface area contributed by atoms with Crippen LogP contribution in [0.15, 0.2) is 0 Å². The zero-order valence-electron chi connectivity index (χ0n) is 7.62. The highest BCUT2D eigenvalue weighted by molar-refractivity contribution is 7.89. The molecule has 74 valence electrons. The molecular formula is C7H17NO3S. The third-order valence-corrected chi connectivity index (χ3v) is 2.09. The standard InChI is InChI=1S/C7H17NO3S/c1-7(2)3-4-11-5-6-12(8,9)10/h7H,3-6H2,1-2H3,(H2,8,9,10). The number of sulfonamides is 1. The second-order valence-electron chi connectivity index (χ2n) is 3.16. The van der Waals surface area contributed by atoms with Crippen molar-refractivity contribution in [1.82, 2.24) is 0 Å². The topological polar surface area (TPSA) is 69.4 Å². The average Bonchev–Trinajstić information content (AvgIpc) is 1.83. The third-order valence-electron chi connectivity index (χ3n) is 1.35. The fraction of sp³-hybridized carbons (Fsp3) is 1.00. The van der Waals surface area contributed by atoms with E-state index in [1.165, 1.54) is 0 Å². The van der Waals surface area contributed by atoms with Crippen molar-refractivity contribution in [2.24, 2.45) is 11.1 Å². The van der Waals surface area contributed by atoms with Crippen molar-refractivity contribution in [1.29, 1.82) is 0 Å². The van der Waals surface area contributed by atoms with E-state index >= 15 is 0 Å². The zero-order chi connectivity index (χ0) is 9.61. The predicted molar refractivity (Wildman–Crippen MR) is 48.2 cm³/mol. The smallest absolute Gasteiger partial charge is 0.211 e. The minimum absolute atomic E-state index is 0.0922. The molecule has 12 heavy (non-hydrogen) atoms. The lowest BCUT2D eigenvalue weighted by Gasteiger charge is -2.04. The van der Waals surface area contributed by atoms with Gasteiger partial charge in [0.1, 0.15) is 0 Å². The SMILES string of the molecule is CC(C)CCOCCS(N)(=O)=O. The van der Waals surface area contributed by atoms with Gasteiger partial charge >= 0.3 is 0 Å². The Hall–Kier alpha value is -0.130. The van der Waals surface area contributed by atoms with Crippen LogP contribution in [0.2, 0.25) is 0 Å². The van der Waals surface area contributed by atoms with Gasteiger partial charge in [-0.15, -0.1) is 0 Å². The van der Waals surface area contributed by atoms with Gasteiger partial charge in [-0.3, -0.25) is 0 Å². The van der Waals surface area contributed by atoms with Crippen molar-refractivity contribution in [2.75, 3.05) is 19.0 Å². The first-order valence-electron chi connectivity index (χ1n) is 4.00. The molecule has 0 radical (unpaired) electrons. The van der Waals surface area contributed by atoms with E-state index < -0.39 is 10.0 Å². The fourth-order valence-electron chi connectivity index (χ4n) is 0.596. The second kappa shape index (κ2) is 5.50. The molecular weight excluding hydrogens is 178 g/mol. The number of hydrogen-bond acceptors (Lipinski definition) is 3. The van der Waals surface area contributed by atoms with E-state index in [1.807, 2.05) is 0 Å². The number of rotatable bonds is 6. The molecule has 0 fully saturated rings. The van der Waals surface area contributed by atoms with Gasteiger partial charge in [-0.2, -0.15) is 0 Å². The van der Waals surface area contributed by atoms with E-state index in [-0.39, 0.29) is 12.4 Å². The van der Waals surface area contributed by atoms with Crippen LogP contribution in [0, 0.1) is 5.92 Å². The summed E-state index contributed by atoms with van der Waals surface area (Å²) in [4.78, 5) is 0. The van der Waals surface area contributed by atoms with Crippen LogP contribution < -0.4 is 5.14 Å². The normalized spacial score (nSPS) is 12.3. The van der Waals surface area contributed by atoms with E-state index in [0.717, 1.165) is 6.42 Å². The summed E-state index contributed by atoms with van der Waals surface area (Å²) in [6, 6.07) is 0. The summed E-state index contributed by atoms with van der Waals surface area (Å²) >= 11 is 0. The first-order valence-corrected chi connectivity index (χ1v) is 5.71. The van der Waals surface area contributed by atoms with Gasteiger partial charge < -0.3 is 4.74 Å². The molecule has 0 unspecified atom stereocenters. The zero-order valence-corrected chi connectivity index (χ0v) is 8.43. The van der Waals surface area contributed by atoms with Gasteiger partial charge in [0.05, 0.1) is 12.4 Å². The molecule has 0 aliphatic rings. The monoisotopic (exact) mass is 195 g/mol. The summed E-state index contributed by atoms with van der Waals surface area (Å²) in [5.41, 5.74) is 0. The lowest BCUT2D eigenvalue weighted by molar-refractivity contribution is 0.137. The molecule has 0 spiro atoms. The summed E-state index contributed by atoms with van der Waals surface area (Å²) in [5.74, 6) is 0.491. The number of hydrogen-bond donors (Lipinski definition) is 1. The molecule has 0 saturated heterocycles. The highest BCUT2D eigenvalue weighted by Crippen LogP contribution is 1.98. The summed E-state index contributed by atoms with van der Waals surface area (Å²) in [6.07, 6.45) is 0.949. The first-order chi connectivity index (χ1) is 5.42. The Morgan fingerprint density at radius 2 is 1.92 bits per heavy atom. The summed E-state index contributed by atoms with van der Waals surface area (Å²) in [6.45, 7) is 4.98. The Balaban J connectivity index is 3.23. The van der Waals surface area contributed by atoms with E-state index in [9.17, 15) is 8.42 Å². The Kier molecular flexibility index (Phi) is 5.44. The number of primary sulfonamides is 1. The van der Waals surface area contributed by atoms with Crippen molar-refractivity contribution in [3.8, 4) is 0 Å². The summed E-state index contributed by atoms with van der Waals surface area (Å²) < 4.78 is 25.9. The van der Waals surface area contributed by atoms with Gasteiger partial charge in [-0.1, -0.05) is 13.8 Å². The van der Waals surface area contributed by atoms with Crippen LogP contribution in [0.3, 0.4) is 0 Å². The maximum Gasteiger partial charge on any atom is 0.211 e. The van der Waals surface area contributed by atoms with Gasteiger partial charge in [-0.25, -0.2) is 13.6 Å². The Bertz CT molecular complexity index is 199. The van der Waals surface area contributed by atoms with Crippen molar-refractivity contribution in [3.63, 3.8) is 0 Å². The summed E-state index contributed by atoms with van der Waals surface area (Å²) in [7, 11) is -3.35. The molecule has 0 aromatic rings. The quantitative estimate of drug-likeness (QED) is 0.621.